The molecule has 0 radical (unpaired) electrons. The number of piperidine rings is 1. The van der Waals surface area contributed by atoms with E-state index in [4.69, 9.17) is 4.74 Å². The number of aliphatic hydroxyl groups excluding tert-OH is 1. The van der Waals surface area contributed by atoms with E-state index in [0.717, 1.165) is 18.4 Å². The predicted molar refractivity (Wildman–Crippen MR) is 81.6 cm³/mol. The normalized spacial score (nSPS) is 18.1. The van der Waals surface area contributed by atoms with Crippen LogP contribution in [0.2, 0.25) is 0 Å². The number of amides is 2. The van der Waals surface area contributed by atoms with Gasteiger partial charge in [-0.25, -0.2) is 13.6 Å². The molecule has 1 aliphatic heterocycles. The Balaban J connectivity index is 1.83. The average Bonchev–Trinajstić information content (AvgIpc) is 2.58. The fraction of sp³-hybridized carbons (Fsp3) is 0.562. The zero-order chi connectivity index (χ0) is 16.7. The van der Waals surface area contributed by atoms with E-state index in [-0.39, 0.29) is 18.6 Å². The van der Waals surface area contributed by atoms with Gasteiger partial charge in [-0.2, -0.15) is 0 Å². The highest BCUT2D eigenvalue weighted by atomic mass is 19.3. The molecule has 1 saturated heterocycles. The van der Waals surface area contributed by atoms with Crippen LogP contribution in [0.25, 0.3) is 0 Å². The molecule has 0 spiro atoms. The summed E-state index contributed by atoms with van der Waals surface area (Å²) in [4.78, 5) is 13.8. The van der Waals surface area contributed by atoms with Crippen LogP contribution in [0.15, 0.2) is 24.3 Å². The Kier molecular flexibility index (Phi) is 6.58. The number of carbonyl (C=O) groups excluding carboxylic acids is 1. The third kappa shape index (κ3) is 5.67. The summed E-state index contributed by atoms with van der Waals surface area (Å²) >= 11 is 0. The lowest BCUT2D eigenvalue weighted by molar-refractivity contribution is 0.0818. The van der Waals surface area contributed by atoms with Gasteiger partial charge < -0.3 is 20.1 Å². The number of urea groups is 1. The third-order valence-electron chi connectivity index (χ3n) is 3.78. The Hall–Kier alpha value is -1.89. The van der Waals surface area contributed by atoms with Crippen LogP contribution < -0.4 is 10.1 Å². The van der Waals surface area contributed by atoms with E-state index in [0.29, 0.717) is 25.4 Å². The zero-order valence-corrected chi connectivity index (χ0v) is 12.9. The van der Waals surface area contributed by atoms with Crippen molar-refractivity contribution in [2.45, 2.75) is 25.8 Å². The van der Waals surface area contributed by atoms with Crippen molar-refractivity contribution in [3.63, 3.8) is 0 Å². The second-order valence-electron chi connectivity index (χ2n) is 5.65. The Morgan fingerprint density at radius 3 is 3.04 bits per heavy atom. The van der Waals surface area contributed by atoms with Gasteiger partial charge in [-0.3, -0.25) is 0 Å². The van der Waals surface area contributed by atoms with Crippen LogP contribution >= 0.6 is 0 Å². The van der Waals surface area contributed by atoms with Crippen LogP contribution in [-0.2, 0) is 6.54 Å². The molecule has 1 unspecified atom stereocenters. The van der Waals surface area contributed by atoms with Crippen LogP contribution in [0.5, 0.6) is 5.75 Å². The fourth-order valence-corrected chi connectivity index (χ4v) is 2.59. The number of halogens is 2. The molecule has 0 bridgehead atoms. The molecule has 128 valence electrons. The van der Waals surface area contributed by atoms with Crippen molar-refractivity contribution < 1.29 is 23.4 Å². The molecule has 1 aromatic carbocycles. The first-order valence-corrected chi connectivity index (χ1v) is 7.72. The first-order chi connectivity index (χ1) is 11.1. The number of hydrogen-bond acceptors (Lipinski definition) is 3. The minimum atomic E-state index is -2.52. The van der Waals surface area contributed by atoms with Gasteiger partial charge in [-0.05, 0) is 36.5 Å². The average molecular weight is 328 g/mol. The maximum Gasteiger partial charge on any atom is 0.317 e. The molecule has 5 nitrogen and oxygen atoms in total. The van der Waals surface area contributed by atoms with E-state index in [1.54, 1.807) is 29.2 Å². The standard InChI is InChI=1S/C16H22F2N2O3/c17-15(18)11-23-14-5-1-3-12(7-14)8-19-16(22)20-6-2-4-13(9-20)10-21/h1,3,5,7,13,15,21H,2,4,6,8-11H2,(H,19,22). The predicted octanol–water partition coefficient (Wildman–Crippen LogP) is 2.24. The Bertz CT molecular complexity index is 514. The van der Waals surface area contributed by atoms with Gasteiger partial charge in [0.1, 0.15) is 12.4 Å². The number of alkyl halides is 2. The molecule has 1 aliphatic rings. The molecule has 1 fully saturated rings. The van der Waals surface area contributed by atoms with Crippen molar-refractivity contribution in [2.24, 2.45) is 5.92 Å². The van der Waals surface area contributed by atoms with E-state index in [1.807, 2.05) is 0 Å². The molecule has 1 atom stereocenters. The van der Waals surface area contributed by atoms with Crippen LogP contribution in [0.1, 0.15) is 18.4 Å². The maximum atomic E-state index is 12.1. The number of nitrogens with zero attached hydrogens (tertiary/aromatic N) is 1. The number of ether oxygens (including phenoxy) is 1. The van der Waals surface area contributed by atoms with Gasteiger partial charge >= 0.3 is 6.03 Å². The number of hydrogen-bond donors (Lipinski definition) is 2. The number of benzene rings is 1. The van der Waals surface area contributed by atoms with E-state index in [1.165, 1.54) is 0 Å². The second kappa shape index (κ2) is 8.67. The highest BCUT2D eigenvalue weighted by Gasteiger charge is 2.22. The molecule has 7 heteroatoms. The fourth-order valence-electron chi connectivity index (χ4n) is 2.59. The summed E-state index contributed by atoms with van der Waals surface area (Å²) in [6, 6.07) is 6.55. The van der Waals surface area contributed by atoms with Gasteiger partial charge in [-0.15, -0.1) is 0 Å². The minimum absolute atomic E-state index is 0.0906. The monoisotopic (exact) mass is 328 g/mol. The van der Waals surface area contributed by atoms with E-state index in [9.17, 15) is 18.7 Å². The number of carbonyl (C=O) groups is 1. The lowest BCUT2D eigenvalue weighted by Gasteiger charge is -2.31. The van der Waals surface area contributed by atoms with Crippen LogP contribution in [-0.4, -0.2) is 48.8 Å². The molecule has 0 aliphatic carbocycles. The van der Waals surface area contributed by atoms with Gasteiger partial charge in [0.05, 0.1) is 0 Å². The molecule has 1 heterocycles. The van der Waals surface area contributed by atoms with Crippen molar-refractivity contribution in [2.75, 3.05) is 26.3 Å². The molecule has 0 saturated carbocycles. The first kappa shape index (κ1) is 17.5. The summed E-state index contributed by atoms with van der Waals surface area (Å²) in [5.41, 5.74) is 0.779. The smallest absolute Gasteiger partial charge is 0.317 e. The highest BCUT2D eigenvalue weighted by molar-refractivity contribution is 5.74. The van der Waals surface area contributed by atoms with E-state index >= 15 is 0 Å². The van der Waals surface area contributed by atoms with Crippen LogP contribution in [0.3, 0.4) is 0 Å². The third-order valence-corrected chi connectivity index (χ3v) is 3.78. The van der Waals surface area contributed by atoms with Crippen molar-refractivity contribution in [3.8, 4) is 5.75 Å². The van der Waals surface area contributed by atoms with E-state index < -0.39 is 13.0 Å². The molecule has 23 heavy (non-hydrogen) atoms. The Morgan fingerprint density at radius 2 is 2.30 bits per heavy atom. The van der Waals surface area contributed by atoms with Crippen molar-refractivity contribution >= 4 is 6.03 Å². The van der Waals surface area contributed by atoms with Crippen LogP contribution in [0, 0.1) is 5.92 Å². The lowest BCUT2D eigenvalue weighted by atomic mass is 9.99. The van der Waals surface area contributed by atoms with Crippen molar-refractivity contribution in [1.29, 1.82) is 0 Å². The SMILES string of the molecule is O=C(NCc1cccc(OCC(F)F)c1)N1CCCC(CO)C1. The molecular formula is C16H22F2N2O3. The highest BCUT2D eigenvalue weighted by Crippen LogP contribution is 2.17. The topological polar surface area (TPSA) is 61.8 Å². The van der Waals surface area contributed by atoms with Gasteiger partial charge in [0.25, 0.3) is 6.43 Å². The maximum absolute atomic E-state index is 12.1. The summed E-state index contributed by atoms with van der Waals surface area (Å²) in [5, 5.41) is 12.0. The van der Waals surface area contributed by atoms with Crippen LogP contribution in [0.4, 0.5) is 13.6 Å². The number of rotatable bonds is 6. The summed E-state index contributed by atoms with van der Waals surface area (Å²) in [7, 11) is 0. The molecule has 2 N–H and O–H groups in total. The molecule has 2 amide bonds. The van der Waals surface area contributed by atoms with Gasteiger partial charge in [0.15, 0.2) is 0 Å². The number of aliphatic hydroxyl groups is 1. The summed E-state index contributed by atoms with van der Waals surface area (Å²) in [5.74, 6) is 0.496. The van der Waals surface area contributed by atoms with Gasteiger partial charge in [0.2, 0.25) is 0 Å². The largest absolute Gasteiger partial charge is 0.488 e. The number of nitrogens with one attached hydrogen (secondary N) is 1. The molecular weight excluding hydrogens is 306 g/mol. The lowest BCUT2D eigenvalue weighted by Crippen LogP contribution is -2.45. The molecule has 0 aromatic heterocycles. The second-order valence-corrected chi connectivity index (χ2v) is 5.65. The Morgan fingerprint density at radius 1 is 1.48 bits per heavy atom. The zero-order valence-electron chi connectivity index (χ0n) is 12.9. The van der Waals surface area contributed by atoms with Gasteiger partial charge in [0, 0.05) is 26.2 Å². The van der Waals surface area contributed by atoms with Gasteiger partial charge in [-0.1, -0.05) is 12.1 Å². The number of likely N-dealkylation sites (tertiary alicyclic amines) is 1. The van der Waals surface area contributed by atoms with E-state index in [2.05, 4.69) is 5.32 Å². The summed E-state index contributed by atoms with van der Waals surface area (Å²) in [6.07, 6.45) is -0.698. The molecule has 1 aromatic rings. The molecule has 2 rings (SSSR count). The minimum Gasteiger partial charge on any atom is -0.488 e. The summed E-state index contributed by atoms with van der Waals surface area (Å²) in [6.45, 7) is 0.976. The van der Waals surface area contributed by atoms with Crippen molar-refractivity contribution in [3.05, 3.63) is 29.8 Å². The quantitative estimate of drug-likeness (QED) is 0.842. The van der Waals surface area contributed by atoms with Crippen molar-refractivity contribution in [1.82, 2.24) is 10.2 Å². The summed E-state index contributed by atoms with van der Waals surface area (Å²) < 4.78 is 29.2. The first-order valence-electron chi connectivity index (χ1n) is 7.72. The Labute approximate surface area is 134 Å².